The van der Waals surface area contributed by atoms with E-state index in [-0.39, 0.29) is 11.3 Å². The largest absolute Gasteiger partial charge is 0.481 e. The molecule has 1 rings (SSSR count). The highest BCUT2D eigenvalue weighted by molar-refractivity contribution is 7.80. The number of halogens is 1. The molecule has 0 saturated heterocycles. The number of carboxylic acids is 2. The van der Waals surface area contributed by atoms with E-state index in [2.05, 4.69) is 17.9 Å². The molecule has 0 aliphatic heterocycles. The molecule has 2 atom stereocenters. The van der Waals surface area contributed by atoms with Crippen LogP contribution in [0.25, 0.3) is 0 Å². The number of benzene rings is 1. The average molecular weight is 358 g/mol. The van der Waals surface area contributed by atoms with Crippen LogP contribution in [-0.2, 0) is 14.4 Å². The van der Waals surface area contributed by atoms with Gasteiger partial charge in [0, 0.05) is 11.3 Å². The van der Waals surface area contributed by atoms with Crippen molar-refractivity contribution in [1.29, 1.82) is 0 Å². The lowest BCUT2D eigenvalue weighted by molar-refractivity contribution is -0.147. The first-order valence-corrected chi connectivity index (χ1v) is 7.30. The number of rotatable bonds is 8. The third-order valence-electron chi connectivity index (χ3n) is 2.90. The Bertz CT molecular complexity index is 637. The van der Waals surface area contributed by atoms with Crippen LogP contribution in [0, 0.1) is 5.82 Å². The minimum absolute atomic E-state index is 0.0938. The molecule has 0 fully saturated rings. The fourth-order valence-electron chi connectivity index (χ4n) is 1.68. The average Bonchev–Trinajstić information content (AvgIpc) is 2.51. The Morgan fingerprint density at radius 1 is 1.04 bits per heavy atom. The minimum Gasteiger partial charge on any atom is -0.481 e. The van der Waals surface area contributed by atoms with E-state index < -0.39 is 48.1 Å². The third-order valence-corrected chi connectivity index (χ3v) is 3.27. The summed E-state index contributed by atoms with van der Waals surface area (Å²) in [5.41, 5.74) is 0.0938. The third kappa shape index (κ3) is 5.88. The lowest BCUT2D eigenvalue weighted by atomic mass is 10.1. The van der Waals surface area contributed by atoms with Gasteiger partial charge in [-0.3, -0.25) is 14.4 Å². The van der Waals surface area contributed by atoms with Gasteiger partial charge >= 0.3 is 11.9 Å². The fraction of sp³-hybridized carbons (Fsp3) is 0.286. The summed E-state index contributed by atoms with van der Waals surface area (Å²) in [6.07, 6.45) is -0.813. The maximum atomic E-state index is 12.8. The second-order valence-electron chi connectivity index (χ2n) is 4.71. The Morgan fingerprint density at radius 3 is 2.08 bits per heavy atom. The van der Waals surface area contributed by atoms with Gasteiger partial charge < -0.3 is 20.8 Å². The molecule has 24 heavy (non-hydrogen) atoms. The molecule has 0 saturated carbocycles. The quantitative estimate of drug-likeness (QED) is 0.412. The molecule has 4 N–H and O–H groups in total. The van der Waals surface area contributed by atoms with Crippen molar-refractivity contribution in [2.75, 3.05) is 5.75 Å². The van der Waals surface area contributed by atoms with Crippen LogP contribution in [0.5, 0.6) is 0 Å². The zero-order chi connectivity index (χ0) is 18.3. The second-order valence-corrected chi connectivity index (χ2v) is 5.08. The molecule has 0 bridgehead atoms. The number of amides is 2. The number of hydrogen-bond acceptors (Lipinski definition) is 5. The molecule has 1 aromatic rings. The highest BCUT2D eigenvalue weighted by Gasteiger charge is 2.27. The molecule has 0 heterocycles. The van der Waals surface area contributed by atoms with E-state index in [0.717, 1.165) is 12.1 Å². The fourth-order valence-corrected chi connectivity index (χ4v) is 1.94. The van der Waals surface area contributed by atoms with Crippen LogP contribution in [0.15, 0.2) is 24.3 Å². The van der Waals surface area contributed by atoms with E-state index in [4.69, 9.17) is 10.2 Å². The molecule has 0 aromatic heterocycles. The summed E-state index contributed by atoms with van der Waals surface area (Å²) in [5, 5.41) is 21.9. The van der Waals surface area contributed by atoms with Crippen molar-refractivity contribution in [3.63, 3.8) is 0 Å². The summed E-state index contributed by atoms with van der Waals surface area (Å²) in [6.45, 7) is 0. The molecule has 1 aromatic carbocycles. The van der Waals surface area contributed by atoms with Crippen molar-refractivity contribution in [1.82, 2.24) is 10.6 Å². The summed E-state index contributed by atoms with van der Waals surface area (Å²) in [5.74, 6) is -5.19. The number of nitrogens with one attached hydrogen (secondary N) is 2. The van der Waals surface area contributed by atoms with Crippen LogP contribution in [0.4, 0.5) is 4.39 Å². The molecule has 0 radical (unpaired) electrons. The van der Waals surface area contributed by atoms with Crippen molar-refractivity contribution in [2.24, 2.45) is 0 Å². The van der Waals surface area contributed by atoms with Gasteiger partial charge in [-0.05, 0) is 24.3 Å². The van der Waals surface area contributed by atoms with E-state index in [0.29, 0.717) is 0 Å². The summed E-state index contributed by atoms with van der Waals surface area (Å²) in [7, 11) is 0. The SMILES string of the molecule is O=C(O)C[C@H](NC(=O)[C@H](CS)NC(=O)c1ccc(F)cc1)C(=O)O. The highest BCUT2D eigenvalue weighted by atomic mass is 32.1. The van der Waals surface area contributed by atoms with Gasteiger partial charge in [0.2, 0.25) is 5.91 Å². The number of aliphatic carboxylic acids is 2. The van der Waals surface area contributed by atoms with E-state index in [1.54, 1.807) is 0 Å². The van der Waals surface area contributed by atoms with Gasteiger partial charge in [0.15, 0.2) is 0 Å². The van der Waals surface area contributed by atoms with Gasteiger partial charge in [-0.2, -0.15) is 12.6 Å². The molecule has 0 unspecified atom stereocenters. The molecule has 0 spiro atoms. The maximum Gasteiger partial charge on any atom is 0.326 e. The number of hydrogen-bond donors (Lipinski definition) is 5. The van der Waals surface area contributed by atoms with Gasteiger partial charge in [0.05, 0.1) is 6.42 Å². The Kier molecular flexibility index (Phi) is 7.18. The van der Waals surface area contributed by atoms with Crippen LogP contribution in [0.3, 0.4) is 0 Å². The number of carbonyl (C=O) groups is 4. The topological polar surface area (TPSA) is 133 Å². The first kappa shape index (κ1) is 19.4. The van der Waals surface area contributed by atoms with E-state index >= 15 is 0 Å². The molecule has 10 heteroatoms. The van der Waals surface area contributed by atoms with Crippen molar-refractivity contribution < 1.29 is 33.8 Å². The predicted molar refractivity (Wildman–Crippen MR) is 83.3 cm³/mol. The highest BCUT2D eigenvalue weighted by Crippen LogP contribution is 2.04. The van der Waals surface area contributed by atoms with Gasteiger partial charge in [0.1, 0.15) is 17.9 Å². The zero-order valence-electron chi connectivity index (χ0n) is 12.2. The zero-order valence-corrected chi connectivity index (χ0v) is 13.1. The number of carboxylic acid groups (broad SMARTS) is 2. The Labute approximate surface area is 141 Å². The summed E-state index contributed by atoms with van der Waals surface area (Å²) in [6, 6.07) is 1.72. The second kappa shape index (κ2) is 8.87. The van der Waals surface area contributed by atoms with Gasteiger partial charge in [-0.1, -0.05) is 0 Å². The molecule has 0 aliphatic carbocycles. The van der Waals surface area contributed by atoms with Crippen molar-refractivity contribution in [3.05, 3.63) is 35.6 Å². The van der Waals surface area contributed by atoms with Crippen LogP contribution < -0.4 is 10.6 Å². The molecular formula is C14H15FN2O6S. The van der Waals surface area contributed by atoms with Gasteiger partial charge in [0.25, 0.3) is 5.91 Å². The van der Waals surface area contributed by atoms with Crippen LogP contribution >= 0.6 is 12.6 Å². The van der Waals surface area contributed by atoms with Crippen molar-refractivity contribution in [3.8, 4) is 0 Å². The molecule has 130 valence electrons. The lowest BCUT2D eigenvalue weighted by Gasteiger charge is -2.19. The number of thiol groups is 1. The lowest BCUT2D eigenvalue weighted by Crippen LogP contribution is -2.52. The van der Waals surface area contributed by atoms with E-state index in [9.17, 15) is 23.6 Å². The van der Waals surface area contributed by atoms with Crippen molar-refractivity contribution in [2.45, 2.75) is 18.5 Å². The standard InChI is InChI=1S/C14H15FN2O6S/c15-8-3-1-7(2-4-8)12(20)17-10(6-24)13(21)16-9(14(22)23)5-11(18)19/h1-4,9-10,24H,5-6H2,(H,16,21)(H,17,20)(H,18,19)(H,22,23)/t9-,10-/m0/s1. The van der Waals surface area contributed by atoms with Crippen LogP contribution in [0.1, 0.15) is 16.8 Å². The van der Waals surface area contributed by atoms with E-state index in [1.807, 2.05) is 5.32 Å². The summed E-state index contributed by atoms with van der Waals surface area (Å²) >= 11 is 3.90. The Balaban J connectivity index is 2.75. The summed E-state index contributed by atoms with van der Waals surface area (Å²) in [4.78, 5) is 45.5. The van der Waals surface area contributed by atoms with Crippen LogP contribution in [-0.4, -0.2) is 51.8 Å². The Hall–Kier alpha value is -2.62. The smallest absolute Gasteiger partial charge is 0.326 e. The molecular weight excluding hydrogens is 343 g/mol. The summed E-state index contributed by atoms with van der Waals surface area (Å²) < 4.78 is 12.8. The monoisotopic (exact) mass is 358 g/mol. The predicted octanol–water partition coefficient (Wildman–Crippen LogP) is -0.102. The normalized spacial score (nSPS) is 12.8. The maximum absolute atomic E-state index is 12.8. The van der Waals surface area contributed by atoms with Crippen LogP contribution in [0.2, 0.25) is 0 Å². The Morgan fingerprint density at radius 2 is 1.62 bits per heavy atom. The minimum atomic E-state index is -1.64. The van der Waals surface area contributed by atoms with Gasteiger partial charge in [-0.15, -0.1) is 0 Å². The van der Waals surface area contributed by atoms with Gasteiger partial charge in [-0.25, -0.2) is 9.18 Å². The first-order valence-electron chi connectivity index (χ1n) is 6.67. The van der Waals surface area contributed by atoms with E-state index in [1.165, 1.54) is 12.1 Å². The molecule has 0 aliphatic rings. The molecule has 2 amide bonds. The first-order chi connectivity index (χ1) is 11.2. The number of carbonyl (C=O) groups excluding carboxylic acids is 2. The molecule has 8 nitrogen and oxygen atoms in total. The van der Waals surface area contributed by atoms with Crippen molar-refractivity contribution >= 4 is 36.4 Å².